The van der Waals surface area contributed by atoms with Crippen molar-refractivity contribution in [2.45, 2.75) is 32.6 Å². The van der Waals surface area contributed by atoms with E-state index in [2.05, 4.69) is 0 Å². The van der Waals surface area contributed by atoms with Gasteiger partial charge in [0.05, 0.1) is 6.61 Å². The number of hydrogen-bond donors (Lipinski definition) is 0. The van der Waals surface area contributed by atoms with Gasteiger partial charge in [0.25, 0.3) is 0 Å². The number of carbonyl (C=O) groups is 1. The summed E-state index contributed by atoms with van der Waals surface area (Å²) in [5, 5.41) is 0.912. The number of carbonyl (C=O) groups excluding carboxylic acids is 1. The molecule has 5 nitrogen and oxygen atoms in total. The van der Waals surface area contributed by atoms with Gasteiger partial charge in [0.2, 0.25) is 0 Å². The predicted molar refractivity (Wildman–Crippen MR) is 111 cm³/mol. The summed E-state index contributed by atoms with van der Waals surface area (Å²) in [5.41, 5.74) is 2.78. The summed E-state index contributed by atoms with van der Waals surface area (Å²) in [4.78, 5) is 24.4. The van der Waals surface area contributed by atoms with Crippen molar-refractivity contribution < 1.29 is 18.7 Å². The highest BCUT2D eigenvalue weighted by Crippen LogP contribution is 2.29. The Morgan fingerprint density at radius 2 is 1.97 bits per heavy atom. The van der Waals surface area contributed by atoms with Gasteiger partial charge >= 0.3 is 11.6 Å². The first kappa shape index (κ1) is 19.0. The van der Waals surface area contributed by atoms with Crippen molar-refractivity contribution in [1.29, 1.82) is 0 Å². The maximum absolute atomic E-state index is 12.3. The molecule has 0 spiro atoms. The van der Waals surface area contributed by atoms with Gasteiger partial charge in [-0.1, -0.05) is 25.1 Å². The van der Waals surface area contributed by atoms with E-state index in [1.54, 1.807) is 18.2 Å². The highest BCUT2D eigenvalue weighted by atomic mass is 16.5. The Kier molecular flexibility index (Phi) is 5.47. The lowest BCUT2D eigenvalue weighted by Gasteiger charge is -2.08. The van der Waals surface area contributed by atoms with Gasteiger partial charge in [0.1, 0.15) is 17.1 Å². The lowest BCUT2D eigenvalue weighted by atomic mass is 10.1. The largest absolute Gasteiger partial charge is 0.493 e. The van der Waals surface area contributed by atoms with Gasteiger partial charge in [-0.3, -0.25) is 0 Å². The highest BCUT2D eigenvalue weighted by Gasteiger charge is 2.19. The van der Waals surface area contributed by atoms with Gasteiger partial charge in [0, 0.05) is 28.7 Å². The molecule has 0 N–H and O–H groups in total. The van der Waals surface area contributed by atoms with E-state index in [-0.39, 0.29) is 5.63 Å². The molecule has 1 heterocycles. The van der Waals surface area contributed by atoms with Crippen LogP contribution < -0.4 is 15.1 Å². The average Bonchev–Trinajstić information content (AvgIpc) is 3.22. The Morgan fingerprint density at radius 1 is 1.14 bits per heavy atom. The minimum absolute atomic E-state index is 0.294. The Labute approximate surface area is 168 Å². The molecule has 2 aromatic carbocycles. The van der Waals surface area contributed by atoms with Gasteiger partial charge in [-0.2, -0.15) is 0 Å². The van der Waals surface area contributed by atoms with E-state index >= 15 is 0 Å². The van der Waals surface area contributed by atoms with E-state index in [1.165, 1.54) is 6.08 Å². The third kappa shape index (κ3) is 4.09. The van der Waals surface area contributed by atoms with Crippen LogP contribution in [-0.4, -0.2) is 12.6 Å². The highest BCUT2D eigenvalue weighted by molar-refractivity contribution is 5.90. The smallest absolute Gasteiger partial charge is 0.339 e. The first-order valence-electron chi connectivity index (χ1n) is 9.86. The van der Waals surface area contributed by atoms with Crippen LogP contribution in [0.2, 0.25) is 0 Å². The van der Waals surface area contributed by atoms with Crippen molar-refractivity contribution in [3.05, 3.63) is 75.7 Å². The molecule has 1 aromatic heterocycles. The number of hydrogen-bond acceptors (Lipinski definition) is 5. The second-order valence-corrected chi connectivity index (χ2v) is 7.00. The monoisotopic (exact) mass is 390 g/mol. The summed E-state index contributed by atoms with van der Waals surface area (Å²) in [6.07, 6.45) is 6.53. The summed E-state index contributed by atoms with van der Waals surface area (Å²) < 4.78 is 16.5. The van der Waals surface area contributed by atoms with Crippen LogP contribution in [-0.2, 0) is 17.6 Å². The number of fused-ring (bicyclic) bond motifs is 3. The predicted octanol–water partition coefficient (Wildman–Crippen LogP) is 4.69. The number of aryl methyl sites for hydroxylation is 1. The van der Waals surface area contributed by atoms with Gasteiger partial charge in [-0.15, -0.1) is 0 Å². The number of para-hydroxylation sites is 1. The van der Waals surface area contributed by atoms with Crippen molar-refractivity contribution in [3.63, 3.8) is 0 Å². The molecule has 0 atom stereocenters. The summed E-state index contributed by atoms with van der Waals surface area (Å²) in [6, 6.07) is 12.7. The molecule has 4 rings (SSSR count). The molecule has 0 fully saturated rings. The van der Waals surface area contributed by atoms with E-state index < -0.39 is 5.97 Å². The van der Waals surface area contributed by atoms with E-state index in [9.17, 15) is 9.59 Å². The molecule has 3 aromatic rings. The molecule has 0 amide bonds. The number of rotatable bonds is 6. The molecule has 0 saturated heterocycles. The van der Waals surface area contributed by atoms with E-state index in [4.69, 9.17) is 13.9 Å². The molecule has 0 bridgehead atoms. The van der Waals surface area contributed by atoms with E-state index in [0.29, 0.717) is 17.9 Å². The van der Waals surface area contributed by atoms with Crippen LogP contribution in [0, 0.1) is 0 Å². The summed E-state index contributed by atoms with van der Waals surface area (Å²) in [6.45, 7) is 2.65. The fourth-order valence-corrected chi connectivity index (χ4v) is 3.60. The molecule has 0 aliphatic heterocycles. The fraction of sp³-hybridized carbons (Fsp3) is 0.250. The van der Waals surface area contributed by atoms with Gasteiger partial charge in [-0.25, -0.2) is 9.59 Å². The van der Waals surface area contributed by atoms with Gasteiger partial charge < -0.3 is 13.9 Å². The molecule has 148 valence electrons. The number of esters is 1. The Bertz CT molecular complexity index is 1140. The van der Waals surface area contributed by atoms with Crippen molar-refractivity contribution in [2.24, 2.45) is 0 Å². The van der Waals surface area contributed by atoms with Crippen molar-refractivity contribution in [2.75, 3.05) is 6.61 Å². The maximum Gasteiger partial charge on any atom is 0.339 e. The quantitative estimate of drug-likeness (QED) is 0.264. The zero-order chi connectivity index (χ0) is 20.2. The minimum Gasteiger partial charge on any atom is -0.493 e. The Hall–Kier alpha value is -3.34. The third-order valence-corrected chi connectivity index (χ3v) is 4.94. The minimum atomic E-state index is -0.516. The molecule has 5 heteroatoms. The topological polar surface area (TPSA) is 65.7 Å². The summed E-state index contributed by atoms with van der Waals surface area (Å²) in [5.74, 6) is 0.543. The summed E-state index contributed by atoms with van der Waals surface area (Å²) in [7, 11) is 0. The van der Waals surface area contributed by atoms with Crippen molar-refractivity contribution in [1.82, 2.24) is 0 Å². The van der Waals surface area contributed by atoms with Gasteiger partial charge in [-0.05, 0) is 55.5 Å². The SMILES string of the molecule is CCCOc1ccccc1/C=C/C(=O)Oc1ccc2c3c(c(=O)oc2c1)CCC3. The first-order valence-corrected chi connectivity index (χ1v) is 9.86. The number of ether oxygens (including phenoxy) is 2. The number of benzene rings is 2. The zero-order valence-electron chi connectivity index (χ0n) is 16.3. The first-order chi connectivity index (χ1) is 14.2. The van der Waals surface area contributed by atoms with Crippen LogP contribution in [0.4, 0.5) is 0 Å². The molecule has 0 radical (unpaired) electrons. The Morgan fingerprint density at radius 3 is 2.83 bits per heavy atom. The lowest BCUT2D eigenvalue weighted by Crippen LogP contribution is -2.07. The van der Waals surface area contributed by atoms with Gasteiger partial charge in [0.15, 0.2) is 0 Å². The van der Waals surface area contributed by atoms with Crippen LogP contribution in [0.3, 0.4) is 0 Å². The molecule has 0 unspecified atom stereocenters. The van der Waals surface area contributed by atoms with Crippen LogP contribution >= 0.6 is 0 Å². The van der Waals surface area contributed by atoms with Crippen LogP contribution in [0.5, 0.6) is 11.5 Å². The standard InChI is InChI=1S/C24H22O5/c1-2-14-27-21-9-4-3-6-16(21)10-13-23(25)28-17-11-12-19-18-7-5-8-20(18)24(26)29-22(19)15-17/h3-4,6,9-13,15H,2,5,7-8,14H2,1H3/b13-10+. The second kappa shape index (κ2) is 8.35. The second-order valence-electron chi connectivity index (χ2n) is 7.00. The maximum atomic E-state index is 12.3. The van der Waals surface area contributed by atoms with Crippen LogP contribution in [0.25, 0.3) is 17.0 Å². The van der Waals surface area contributed by atoms with Crippen LogP contribution in [0.1, 0.15) is 36.5 Å². The van der Waals surface area contributed by atoms with Crippen LogP contribution in [0.15, 0.2) is 57.8 Å². The Balaban J connectivity index is 1.52. The van der Waals surface area contributed by atoms with Crippen molar-refractivity contribution in [3.8, 4) is 11.5 Å². The third-order valence-electron chi connectivity index (χ3n) is 4.94. The summed E-state index contributed by atoms with van der Waals surface area (Å²) >= 11 is 0. The molecular formula is C24H22O5. The lowest BCUT2D eigenvalue weighted by molar-refractivity contribution is -0.128. The molecular weight excluding hydrogens is 368 g/mol. The normalized spacial score (nSPS) is 13.0. The van der Waals surface area contributed by atoms with E-state index in [0.717, 1.165) is 53.5 Å². The van der Waals surface area contributed by atoms with Crippen molar-refractivity contribution >= 4 is 23.0 Å². The zero-order valence-corrected chi connectivity index (χ0v) is 16.3. The average molecular weight is 390 g/mol. The fourth-order valence-electron chi connectivity index (χ4n) is 3.60. The molecule has 29 heavy (non-hydrogen) atoms. The molecule has 1 aliphatic carbocycles. The van der Waals surface area contributed by atoms with E-state index in [1.807, 2.05) is 37.3 Å². The molecule has 1 aliphatic rings. The molecule has 0 saturated carbocycles.